The second-order valence-electron chi connectivity index (χ2n) is 8.25. The SMILES string of the molecule is COc1ccc(S(=O)(=O)N(CC(=O)Nc2ccc(N3CCCC3=O)cc2)c2ccc(F)cc2)cc1OC. The Hall–Kier alpha value is -4.12. The number of rotatable bonds is 9. The number of halogens is 1. The normalized spacial score (nSPS) is 13.4. The average molecular weight is 528 g/mol. The first-order valence-electron chi connectivity index (χ1n) is 11.4. The van der Waals surface area contributed by atoms with Crippen LogP contribution in [0.3, 0.4) is 0 Å². The van der Waals surface area contributed by atoms with Gasteiger partial charge < -0.3 is 19.7 Å². The minimum absolute atomic E-state index is 0.0482. The summed E-state index contributed by atoms with van der Waals surface area (Å²) in [7, 11) is -1.46. The molecule has 4 rings (SSSR count). The van der Waals surface area contributed by atoms with Crippen molar-refractivity contribution >= 4 is 38.9 Å². The van der Waals surface area contributed by atoms with E-state index in [9.17, 15) is 22.4 Å². The number of sulfonamides is 1. The van der Waals surface area contributed by atoms with E-state index in [1.54, 1.807) is 29.2 Å². The molecule has 1 aliphatic rings. The predicted molar refractivity (Wildman–Crippen MR) is 137 cm³/mol. The minimum atomic E-state index is -4.27. The summed E-state index contributed by atoms with van der Waals surface area (Å²) in [5, 5.41) is 2.68. The van der Waals surface area contributed by atoms with Crippen molar-refractivity contribution in [1.29, 1.82) is 0 Å². The summed E-state index contributed by atoms with van der Waals surface area (Å²) >= 11 is 0. The Kier molecular flexibility index (Phi) is 7.63. The smallest absolute Gasteiger partial charge is 0.264 e. The molecular formula is C26H26FN3O6S. The summed E-state index contributed by atoms with van der Waals surface area (Å²) < 4.78 is 52.1. The van der Waals surface area contributed by atoms with Gasteiger partial charge in [0.25, 0.3) is 10.0 Å². The van der Waals surface area contributed by atoms with Crippen LogP contribution < -0.4 is 24.0 Å². The number of ether oxygens (including phenoxy) is 2. The van der Waals surface area contributed by atoms with Gasteiger partial charge in [0.1, 0.15) is 12.4 Å². The number of methoxy groups -OCH3 is 2. The molecule has 194 valence electrons. The molecule has 0 unspecified atom stereocenters. The third-order valence-electron chi connectivity index (χ3n) is 5.88. The lowest BCUT2D eigenvalue weighted by molar-refractivity contribution is -0.117. The Balaban J connectivity index is 1.59. The van der Waals surface area contributed by atoms with Gasteiger partial charge in [0.05, 0.1) is 24.8 Å². The van der Waals surface area contributed by atoms with Gasteiger partial charge in [0.15, 0.2) is 11.5 Å². The number of carbonyl (C=O) groups is 2. The van der Waals surface area contributed by atoms with Crippen LogP contribution in [0.15, 0.2) is 71.6 Å². The summed E-state index contributed by atoms with van der Waals surface area (Å²) in [5.41, 5.74) is 1.27. The molecule has 0 saturated carbocycles. The maximum atomic E-state index is 13.6. The number of amides is 2. The second kappa shape index (κ2) is 10.9. The molecule has 3 aromatic rings. The molecule has 0 aliphatic carbocycles. The maximum Gasteiger partial charge on any atom is 0.264 e. The molecule has 2 amide bonds. The number of benzene rings is 3. The molecule has 1 heterocycles. The Morgan fingerprint density at radius 2 is 1.68 bits per heavy atom. The van der Waals surface area contributed by atoms with Crippen molar-refractivity contribution < 1.29 is 31.9 Å². The van der Waals surface area contributed by atoms with E-state index in [0.717, 1.165) is 28.5 Å². The average Bonchev–Trinajstić information content (AvgIpc) is 3.33. The largest absolute Gasteiger partial charge is 0.493 e. The summed E-state index contributed by atoms with van der Waals surface area (Å²) in [6.07, 6.45) is 1.30. The standard InChI is InChI=1S/C26H26FN3O6S/c1-35-23-14-13-22(16-24(23)36-2)37(33,34)30(21-9-5-18(27)6-10-21)17-25(31)28-19-7-11-20(12-8-19)29-15-3-4-26(29)32/h5-14,16H,3-4,15,17H2,1-2H3,(H,28,31). The summed E-state index contributed by atoms with van der Waals surface area (Å²) in [6.45, 7) is 0.0693. The number of carbonyl (C=O) groups excluding carboxylic acids is 2. The van der Waals surface area contributed by atoms with Crippen molar-refractivity contribution in [2.24, 2.45) is 0 Å². The van der Waals surface area contributed by atoms with E-state index in [2.05, 4.69) is 5.32 Å². The molecular weight excluding hydrogens is 501 g/mol. The molecule has 3 aromatic carbocycles. The highest BCUT2D eigenvalue weighted by Gasteiger charge is 2.29. The Labute approximate surface area is 214 Å². The van der Waals surface area contributed by atoms with Crippen molar-refractivity contribution in [3.63, 3.8) is 0 Å². The highest BCUT2D eigenvalue weighted by molar-refractivity contribution is 7.92. The van der Waals surface area contributed by atoms with Crippen LogP contribution in [0.1, 0.15) is 12.8 Å². The number of anilines is 3. The molecule has 9 nitrogen and oxygen atoms in total. The van der Waals surface area contributed by atoms with E-state index in [-0.39, 0.29) is 22.2 Å². The Bertz CT molecular complexity index is 1390. The molecule has 1 fully saturated rings. The zero-order chi connectivity index (χ0) is 26.6. The van der Waals surface area contributed by atoms with Crippen LogP contribution in [0.25, 0.3) is 0 Å². The fourth-order valence-electron chi connectivity index (χ4n) is 4.00. The summed E-state index contributed by atoms with van der Waals surface area (Å²) in [6, 6.07) is 15.6. The molecule has 1 aliphatic heterocycles. The first-order valence-corrected chi connectivity index (χ1v) is 12.9. The fraction of sp³-hybridized carbons (Fsp3) is 0.231. The Morgan fingerprint density at radius 1 is 1.00 bits per heavy atom. The number of nitrogens with one attached hydrogen (secondary N) is 1. The van der Waals surface area contributed by atoms with Crippen LogP contribution >= 0.6 is 0 Å². The summed E-state index contributed by atoms with van der Waals surface area (Å²) in [4.78, 5) is 26.5. The van der Waals surface area contributed by atoms with Crippen LogP contribution in [-0.4, -0.2) is 47.5 Å². The second-order valence-corrected chi connectivity index (χ2v) is 10.1. The number of hydrogen-bond donors (Lipinski definition) is 1. The number of hydrogen-bond acceptors (Lipinski definition) is 6. The monoisotopic (exact) mass is 527 g/mol. The zero-order valence-corrected chi connectivity index (χ0v) is 21.1. The lowest BCUT2D eigenvalue weighted by atomic mass is 10.2. The third kappa shape index (κ3) is 5.67. The van der Waals surface area contributed by atoms with E-state index in [1.165, 1.54) is 44.6 Å². The molecule has 11 heteroatoms. The highest BCUT2D eigenvalue weighted by Crippen LogP contribution is 2.32. The van der Waals surface area contributed by atoms with Gasteiger partial charge >= 0.3 is 0 Å². The molecule has 37 heavy (non-hydrogen) atoms. The van der Waals surface area contributed by atoms with E-state index in [0.29, 0.717) is 24.4 Å². The van der Waals surface area contributed by atoms with E-state index in [1.807, 2.05) is 0 Å². The van der Waals surface area contributed by atoms with Crippen LogP contribution in [0.2, 0.25) is 0 Å². The molecule has 0 bridgehead atoms. The van der Waals surface area contributed by atoms with Crippen LogP contribution in [-0.2, 0) is 19.6 Å². The molecule has 0 aromatic heterocycles. The van der Waals surface area contributed by atoms with Crippen LogP contribution in [0.5, 0.6) is 11.5 Å². The molecule has 1 N–H and O–H groups in total. The molecule has 0 spiro atoms. The van der Waals surface area contributed by atoms with Crippen molar-refractivity contribution in [2.45, 2.75) is 17.7 Å². The van der Waals surface area contributed by atoms with E-state index >= 15 is 0 Å². The minimum Gasteiger partial charge on any atom is -0.493 e. The van der Waals surface area contributed by atoms with Gasteiger partial charge in [-0.25, -0.2) is 12.8 Å². The van der Waals surface area contributed by atoms with Gasteiger partial charge in [-0.3, -0.25) is 13.9 Å². The fourth-order valence-corrected chi connectivity index (χ4v) is 5.44. The maximum absolute atomic E-state index is 13.6. The lowest BCUT2D eigenvalue weighted by Gasteiger charge is -2.24. The van der Waals surface area contributed by atoms with E-state index in [4.69, 9.17) is 9.47 Å². The Morgan fingerprint density at radius 3 is 2.27 bits per heavy atom. The molecule has 0 radical (unpaired) electrons. The van der Waals surface area contributed by atoms with Crippen molar-refractivity contribution in [3.05, 3.63) is 72.5 Å². The van der Waals surface area contributed by atoms with Gasteiger partial charge in [-0.2, -0.15) is 0 Å². The first kappa shape index (κ1) is 26.0. The van der Waals surface area contributed by atoms with Gasteiger partial charge in [0.2, 0.25) is 11.8 Å². The molecule has 1 saturated heterocycles. The lowest BCUT2D eigenvalue weighted by Crippen LogP contribution is -2.38. The van der Waals surface area contributed by atoms with Gasteiger partial charge in [-0.1, -0.05) is 0 Å². The molecule has 0 atom stereocenters. The van der Waals surface area contributed by atoms with E-state index < -0.39 is 28.3 Å². The van der Waals surface area contributed by atoms with Crippen molar-refractivity contribution in [3.8, 4) is 11.5 Å². The zero-order valence-electron chi connectivity index (χ0n) is 20.3. The van der Waals surface area contributed by atoms with Crippen molar-refractivity contribution in [2.75, 3.05) is 41.8 Å². The van der Waals surface area contributed by atoms with Gasteiger partial charge in [0, 0.05) is 30.4 Å². The van der Waals surface area contributed by atoms with Crippen molar-refractivity contribution in [1.82, 2.24) is 0 Å². The van der Waals surface area contributed by atoms with Crippen LogP contribution in [0, 0.1) is 5.82 Å². The number of nitrogens with zero attached hydrogens (tertiary/aromatic N) is 2. The predicted octanol–water partition coefficient (Wildman–Crippen LogP) is 3.80. The van der Waals surface area contributed by atoms with Gasteiger partial charge in [-0.15, -0.1) is 0 Å². The third-order valence-corrected chi connectivity index (χ3v) is 7.65. The first-order chi connectivity index (χ1) is 17.7. The van der Waals surface area contributed by atoms with Crippen LogP contribution in [0.4, 0.5) is 21.5 Å². The topological polar surface area (TPSA) is 105 Å². The van der Waals surface area contributed by atoms with Gasteiger partial charge in [-0.05, 0) is 67.1 Å². The highest BCUT2D eigenvalue weighted by atomic mass is 32.2. The quantitative estimate of drug-likeness (QED) is 0.454. The summed E-state index contributed by atoms with van der Waals surface area (Å²) in [5.74, 6) is -0.575.